The highest BCUT2D eigenvalue weighted by molar-refractivity contribution is 6.02. The molecule has 86 valence electrons. The van der Waals surface area contributed by atoms with Crippen LogP contribution in [0.15, 0.2) is 42.6 Å². The Morgan fingerprint density at radius 1 is 1.12 bits per heavy atom. The predicted octanol–water partition coefficient (Wildman–Crippen LogP) is 1.77. The van der Waals surface area contributed by atoms with Crippen molar-refractivity contribution in [2.75, 3.05) is 17.7 Å². The van der Waals surface area contributed by atoms with Gasteiger partial charge in [-0.05, 0) is 24.3 Å². The summed E-state index contributed by atoms with van der Waals surface area (Å²) in [6, 6.07) is 10.5. The highest BCUT2D eigenvalue weighted by Crippen LogP contribution is 2.07. The van der Waals surface area contributed by atoms with Crippen molar-refractivity contribution in [3.05, 3.63) is 48.3 Å². The first kappa shape index (κ1) is 11.1. The van der Waals surface area contributed by atoms with Crippen molar-refractivity contribution in [3.63, 3.8) is 0 Å². The molecule has 0 aliphatic carbocycles. The Morgan fingerprint density at radius 2 is 1.94 bits per heavy atom. The van der Waals surface area contributed by atoms with Gasteiger partial charge in [0.25, 0.3) is 5.91 Å². The van der Waals surface area contributed by atoms with Crippen LogP contribution >= 0.6 is 0 Å². The zero-order chi connectivity index (χ0) is 12.1. The van der Waals surface area contributed by atoms with Gasteiger partial charge in [-0.1, -0.05) is 12.1 Å². The van der Waals surface area contributed by atoms with Crippen LogP contribution in [0.1, 0.15) is 10.5 Å². The van der Waals surface area contributed by atoms with E-state index in [0.717, 1.165) is 0 Å². The molecule has 5 heteroatoms. The van der Waals surface area contributed by atoms with Gasteiger partial charge in [0.2, 0.25) is 0 Å². The minimum Gasteiger partial charge on any atom is -0.373 e. The number of amides is 1. The summed E-state index contributed by atoms with van der Waals surface area (Å²) in [5, 5.41) is 5.55. The van der Waals surface area contributed by atoms with Crippen LogP contribution in [-0.4, -0.2) is 22.9 Å². The Hall–Kier alpha value is -2.43. The number of rotatable bonds is 3. The highest BCUT2D eigenvalue weighted by Gasteiger charge is 2.08. The average molecular weight is 228 g/mol. The van der Waals surface area contributed by atoms with Gasteiger partial charge in [0.05, 0.1) is 0 Å². The van der Waals surface area contributed by atoms with Crippen LogP contribution in [0.4, 0.5) is 11.6 Å². The van der Waals surface area contributed by atoms with Gasteiger partial charge in [0.15, 0.2) is 0 Å². The first-order valence-electron chi connectivity index (χ1n) is 5.17. The molecular weight excluding hydrogens is 216 g/mol. The Morgan fingerprint density at radius 3 is 2.65 bits per heavy atom. The molecule has 2 aromatic rings. The summed E-state index contributed by atoms with van der Waals surface area (Å²) in [6.07, 6.45) is 1.62. The maximum Gasteiger partial charge on any atom is 0.275 e. The van der Waals surface area contributed by atoms with Crippen molar-refractivity contribution in [1.82, 2.24) is 9.97 Å². The molecule has 0 atom stereocenters. The SMILES string of the molecule is CNc1cccc(C(=O)Nc2ccccn2)n1. The molecule has 5 nitrogen and oxygen atoms in total. The van der Waals surface area contributed by atoms with Crippen LogP contribution in [0, 0.1) is 0 Å². The maximum absolute atomic E-state index is 11.8. The second-order valence-electron chi connectivity index (χ2n) is 3.33. The van der Waals surface area contributed by atoms with Gasteiger partial charge in [-0.25, -0.2) is 9.97 Å². The normalized spacial score (nSPS) is 9.71. The molecule has 1 amide bonds. The fourth-order valence-corrected chi connectivity index (χ4v) is 1.32. The van der Waals surface area contributed by atoms with E-state index in [-0.39, 0.29) is 5.91 Å². The zero-order valence-electron chi connectivity index (χ0n) is 9.34. The first-order chi connectivity index (χ1) is 8.29. The smallest absolute Gasteiger partial charge is 0.275 e. The molecular formula is C12H12N4O. The topological polar surface area (TPSA) is 66.9 Å². The lowest BCUT2D eigenvalue weighted by Gasteiger charge is -2.04. The lowest BCUT2D eigenvalue weighted by atomic mass is 10.3. The molecule has 0 unspecified atom stereocenters. The molecule has 0 aromatic carbocycles. The number of nitrogens with zero attached hydrogens (tertiary/aromatic N) is 2. The van der Waals surface area contributed by atoms with E-state index < -0.39 is 0 Å². The van der Waals surface area contributed by atoms with Gasteiger partial charge in [0.1, 0.15) is 17.3 Å². The van der Waals surface area contributed by atoms with Crippen LogP contribution in [0.25, 0.3) is 0 Å². The molecule has 2 N–H and O–H groups in total. The second kappa shape index (κ2) is 5.07. The summed E-state index contributed by atoms with van der Waals surface area (Å²) >= 11 is 0. The van der Waals surface area contributed by atoms with Crippen molar-refractivity contribution >= 4 is 17.5 Å². The van der Waals surface area contributed by atoms with Gasteiger partial charge in [-0.2, -0.15) is 0 Å². The molecule has 0 aliphatic heterocycles. The molecule has 0 fully saturated rings. The summed E-state index contributed by atoms with van der Waals surface area (Å²) in [5.41, 5.74) is 0.350. The van der Waals surface area contributed by atoms with Crippen LogP contribution in [0.2, 0.25) is 0 Å². The molecule has 17 heavy (non-hydrogen) atoms. The van der Waals surface area contributed by atoms with Gasteiger partial charge >= 0.3 is 0 Å². The fourth-order valence-electron chi connectivity index (χ4n) is 1.32. The number of anilines is 2. The summed E-state index contributed by atoms with van der Waals surface area (Å²) in [7, 11) is 1.75. The first-order valence-corrected chi connectivity index (χ1v) is 5.17. The van der Waals surface area contributed by atoms with Gasteiger partial charge < -0.3 is 10.6 Å². The Labute approximate surface area is 98.9 Å². The van der Waals surface area contributed by atoms with E-state index >= 15 is 0 Å². The Balaban J connectivity index is 2.14. The minimum atomic E-state index is -0.277. The molecule has 2 heterocycles. The van der Waals surface area contributed by atoms with Crippen LogP contribution in [0.5, 0.6) is 0 Å². The van der Waals surface area contributed by atoms with E-state index in [2.05, 4.69) is 20.6 Å². The van der Waals surface area contributed by atoms with Crippen molar-refractivity contribution in [2.45, 2.75) is 0 Å². The van der Waals surface area contributed by atoms with E-state index in [1.165, 1.54) is 0 Å². The molecule has 0 aliphatic rings. The largest absolute Gasteiger partial charge is 0.373 e. The average Bonchev–Trinajstić information content (AvgIpc) is 2.40. The summed E-state index contributed by atoms with van der Waals surface area (Å²) < 4.78 is 0. The van der Waals surface area contributed by atoms with Crippen molar-refractivity contribution in [1.29, 1.82) is 0 Å². The van der Waals surface area contributed by atoms with Crippen molar-refractivity contribution in [3.8, 4) is 0 Å². The third kappa shape index (κ3) is 2.78. The number of aromatic nitrogens is 2. The summed E-state index contributed by atoms with van der Waals surface area (Å²) in [5.74, 6) is 0.883. The molecule has 0 spiro atoms. The quantitative estimate of drug-likeness (QED) is 0.840. The van der Waals surface area contributed by atoms with Crippen molar-refractivity contribution in [2.24, 2.45) is 0 Å². The number of hydrogen-bond donors (Lipinski definition) is 2. The maximum atomic E-state index is 11.8. The highest BCUT2D eigenvalue weighted by atomic mass is 16.1. The van der Waals surface area contributed by atoms with E-state index in [1.54, 1.807) is 49.6 Å². The third-order valence-electron chi connectivity index (χ3n) is 2.14. The second-order valence-corrected chi connectivity index (χ2v) is 3.33. The van der Waals surface area contributed by atoms with E-state index in [1.807, 2.05) is 0 Å². The van der Waals surface area contributed by atoms with Gasteiger partial charge in [0, 0.05) is 13.2 Å². The van der Waals surface area contributed by atoms with Crippen LogP contribution < -0.4 is 10.6 Å². The number of carbonyl (C=O) groups is 1. The number of carbonyl (C=O) groups excluding carboxylic acids is 1. The molecule has 0 saturated carbocycles. The summed E-state index contributed by atoms with van der Waals surface area (Å²) in [6.45, 7) is 0. The van der Waals surface area contributed by atoms with Gasteiger partial charge in [-0.15, -0.1) is 0 Å². The standard InChI is InChI=1S/C12H12N4O/c1-13-10-7-4-5-9(15-10)12(17)16-11-6-2-3-8-14-11/h2-8H,1H3,(H,13,15)(H,14,16,17). The monoisotopic (exact) mass is 228 g/mol. The van der Waals surface area contributed by atoms with Crippen LogP contribution in [-0.2, 0) is 0 Å². The number of nitrogens with one attached hydrogen (secondary N) is 2. The van der Waals surface area contributed by atoms with Crippen molar-refractivity contribution < 1.29 is 4.79 Å². The lowest BCUT2D eigenvalue weighted by Crippen LogP contribution is -2.14. The molecule has 2 aromatic heterocycles. The molecule has 0 saturated heterocycles. The van der Waals surface area contributed by atoms with E-state index in [0.29, 0.717) is 17.3 Å². The number of hydrogen-bond acceptors (Lipinski definition) is 4. The molecule has 0 radical (unpaired) electrons. The van der Waals surface area contributed by atoms with Gasteiger partial charge in [-0.3, -0.25) is 4.79 Å². The third-order valence-corrected chi connectivity index (χ3v) is 2.14. The molecule has 0 bridgehead atoms. The van der Waals surface area contributed by atoms with Crippen LogP contribution in [0.3, 0.4) is 0 Å². The fraction of sp³-hybridized carbons (Fsp3) is 0.0833. The van der Waals surface area contributed by atoms with E-state index in [4.69, 9.17) is 0 Å². The zero-order valence-corrected chi connectivity index (χ0v) is 9.34. The number of pyridine rings is 2. The minimum absolute atomic E-state index is 0.277. The molecule has 2 rings (SSSR count). The lowest BCUT2D eigenvalue weighted by molar-refractivity contribution is 0.102. The predicted molar refractivity (Wildman–Crippen MR) is 66.0 cm³/mol. The Bertz CT molecular complexity index is 513. The van der Waals surface area contributed by atoms with E-state index in [9.17, 15) is 4.79 Å². The summed E-state index contributed by atoms with van der Waals surface area (Å²) in [4.78, 5) is 20.0. The Kier molecular flexibility index (Phi) is 3.30.